The van der Waals surface area contributed by atoms with E-state index >= 15 is 0 Å². The van der Waals surface area contributed by atoms with Crippen molar-refractivity contribution in [2.24, 2.45) is 0 Å². The van der Waals surface area contributed by atoms with Crippen molar-refractivity contribution in [1.29, 1.82) is 0 Å². The number of hydrogen-bond donors (Lipinski definition) is 0. The molecule has 5 rings (SSSR count). The fraction of sp³-hybridized carbons (Fsp3) is 0.0870. The smallest absolute Gasteiger partial charge is 0.310 e. The Morgan fingerprint density at radius 1 is 1.03 bits per heavy atom. The van der Waals surface area contributed by atoms with E-state index < -0.39 is 5.97 Å². The van der Waals surface area contributed by atoms with Gasteiger partial charge in [0, 0.05) is 16.5 Å². The number of aromatic nitrogens is 2. The number of fused-ring (bicyclic) bond motifs is 3. The van der Waals surface area contributed by atoms with Crippen molar-refractivity contribution in [2.75, 3.05) is 0 Å². The maximum Gasteiger partial charge on any atom is 0.310 e. The lowest BCUT2D eigenvalue weighted by Gasteiger charge is -2.03. The van der Waals surface area contributed by atoms with Crippen LogP contribution in [0.5, 0.6) is 0 Å². The number of ether oxygens (including phenoxy) is 1. The standard InChI is InChI=1S/C23H15FN2O4/c24-17-8-5-15(6-9-17)23-25-20(30-26-23)13-29-21(27)11-16-12-28-19-10-7-14-3-1-2-4-18(14)22(16)19/h1-10,12H,11,13H2. The average molecular weight is 402 g/mol. The van der Waals surface area contributed by atoms with Gasteiger partial charge >= 0.3 is 5.97 Å². The Kier molecular flexibility index (Phi) is 4.48. The minimum atomic E-state index is -0.438. The number of esters is 1. The molecule has 0 fully saturated rings. The zero-order valence-electron chi connectivity index (χ0n) is 15.7. The molecule has 7 heteroatoms. The molecule has 0 amide bonds. The third-order valence-corrected chi connectivity index (χ3v) is 4.80. The van der Waals surface area contributed by atoms with E-state index in [1.807, 2.05) is 36.4 Å². The van der Waals surface area contributed by atoms with Crippen molar-refractivity contribution in [3.63, 3.8) is 0 Å². The Hall–Kier alpha value is -4.00. The highest BCUT2D eigenvalue weighted by atomic mass is 19.1. The number of carbonyl (C=O) groups is 1. The van der Waals surface area contributed by atoms with Crippen LogP contribution in [0.1, 0.15) is 11.5 Å². The summed E-state index contributed by atoms with van der Waals surface area (Å²) in [6.07, 6.45) is 1.64. The number of benzene rings is 3. The van der Waals surface area contributed by atoms with Gasteiger partial charge in [-0.15, -0.1) is 0 Å². The van der Waals surface area contributed by atoms with E-state index in [-0.39, 0.29) is 24.7 Å². The summed E-state index contributed by atoms with van der Waals surface area (Å²) in [6, 6.07) is 17.5. The Labute approximate surface area is 169 Å². The molecule has 148 valence electrons. The highest BCUT2D eigenvalue weighted by Gasteiger charge is 2.16. The topological polar surface area (TPSA) is 78.4 Å². The summed E-state index contributed by atoms with van der Waals surface area (Å²) in [5.41, 5.74) is 2.08. The largest absolute Gasteiger partial charge is 0.464 e. The molecule has 0 saturated heterocycles. The molecule has 0 saturated carbocycles. The SMILES string of the molecule is O=C(Cc1coc2ccc3ccccc3c12)OCc1nc(-c2ccc(F)cc2)no1. The molecule has 0 aliphatic rings. The van der Waals surface area contributed by atoms with Crippen LogP contribution in [0.25, 0.3) is 33.1 Å². The predicted octanol–water partition coefficient (Wildman–Crippen LogP) is 5.06. The van der Waals surface area contributed by atoms with Crippen LogP contribution in [0.3, 0.4) is 0 Å². The van der Waals surface area contributed by atoms with Gasteiger partial charge < -0.3 is 13.7 Å². The van der Waals surface area contributed by atoms with Crippen LogP contribution < -0.4 is 0 Å². The third kappa shape index (κ3) is 3.41. The van der Waals surface area contributed by atoms with Gasteiger partial charge in [-0.3, -0.25) is 4.79 Å². The van der Waals surface area contributed by atoms with Crippen LogP contribution in [0.4, 0.5) is 4.39 Å². The summed E-state index contributed by atoms with van der Waals surface area (Å²) < 4.78 is 29.0. The van der Waals surface area contributed by atoms with Gasteiger partial charge in [0.25, 0.3) is 5.89 Å². The molecule has 6 nitrogen and oxygen atoms in total. The highest BCUT2D eigenvalue weighted by molar-refractivity contribution is 6.08. The molecule has 2 aromatic heterocycles. The first kappa shape index (κ1) is 18.1. The molecule has 2 heterocycles. The second kappa shape index (κ2) is 7.44. The van der Waals surface area contributed by atoms with Crippen LogP contribution >= 0.6 is 0 Å². The van der Waals surface area contributed by atoms with Gasteiger partial charge in [0.05, 0.1) is 12.7 Å². The number of halogens is 1. The van der Waals surface area contributed by atoms with Crippen molar-refractivity contribution < 1.29 is 22.9 Å². The molecule has 0 aliphatic heterocycles. The van der Waals surface area contributed by atoms with Crippen LogP contribution in [0.15, 0.2) is 75.9 Å². The zero-order chi connectivity index (χ0) is 20.5. The maximum atomic E-state index is 13.0. The Morgan fingerprint density at radius 3 is 2.73 bits per heavy atom. The van der Waals surface area contributed by atoms with Crippen LogP contribution in [0.2, 0.25) is 0 Å². The normalized spacial score (nSPS) is 11.2. The summed E-state index contributed by atoms with van der Waals surface area (Å²) in [5.74, 6) is -0.332. The van der Waals surface area contributed by atoms with E-state index in [4.69, 9.17) is 13.7 Å². The predicted molar refractivity (Wildman–Crippen MR) is 107 cm³/mol. The van der Waals surface area contributed by atoms with Crippen LogP contribution in [-0.4, -0.2) is 16.1 Å². The molecular formula is C23H15FN2O4. The molecule has 0 atom stereocenters. The quantitative estimate of drug-likeness (QED) is 0.382. The van der Waals surface area contributed by atoms with E-state index in [1.165, 1.54) is 12.1 Å². The summed E-state index contributed by atoms with van der Waals surface area (Å²) in [4.78, 5) is 16.6. The second-order valence-electron chi connectivity index (χ2n) is 6.78. The van der Waals surface area contributed by atoms with Gasteiger partial charge in [0.1, 0.15) is 11.4 Å². The summed E-state index contributed by atoms with van der Waals surface area (Å²) in [7, 11) is 0. The Bertz CT molecular complexity index is 1350. The van der Waals surface area contributed by atoms with Crippen molar-refractivity contribution >= 4 is 27.7 Å². The van der Waals surface area contributed by atoms with Crippen LogP contribution in [-0.2, 0) is 22.6 Å². The van der Waals surface area contributed by atoms with Crippen molar-refractivity contribution in [1.82, 2.24) is 10.1 Å². The molecule has 3 aromatic carbocycles. The van der Waals surface area contributed by atoms with Crippen molar-refractivity contribution in [2.45, 2.75) is 13.0 Å². The number of rotatable bonds is 5. The summed E-state index contributed by atoms with van der Waals surface area (Å²) >= 11 is 0. The molecule has 0 aliphatic carbocycles. The van der Waals surface area contributed by atoms with E-state index in [1.54, 1.807) is 18.4 Å². The van der Waals surface area contributed by atoms with E-state index in [0.29, 0.717) is 11.4 Å². The Balaban J connectivity index is 1.29. The minimum Gasteiger partial charge on any atom is -0.464 e. The lowest BCUT2D eigenvalue weighted by molar-refractivity contribution is -0.144. The first-order valence-corrected chi connectivity index (χ1v) is 9.29. The van der Waals surface area contributed by atoms with Gasteiger partial charge in [0.15, 0.2) is 6.61 Å². The summed E-state index contributed by atoms with van der Waals surface area (Å²) in [5, 5.41) is 6.82. The van der Waals surface area contributed by atoms with Gasteiger partial charge in [-0.1, -0.05) is 35.5 Å². The van der Waals surface area contributed by atoms with Gasteiger partial charge in [-0.2, -0.15) is 4.98 Å². The van der Waals surface area contributed by atoms with E-state index in [9.17, 15) is 9.18 Å². The molecule has 0 N–H and O–H groups in total. The zero-order valence-corrected chi connectivity index (χ0v) is 15.7. The first-order chi connectivity index (χ1) is 14.7. The van der Waals surface area contributed by atoms with E-state index in [0.717, 1.165) is 27.3 Å². The van der Waals surface area contributed by atoms with Crippen molar-refractivity contribution in [3.8, 4) is 11.4 Å². The second-order valence-corrected chi connectivity index (χ2v) is 6.78. The van der Waals surface area contributed by atoms with Crippen molar-refractivity contribution in [3.05, 3.63) is 84.2 Å². The molecule has 0 unspecified atom stereocenters. The number of furan rings is 1. The van der Waals surface area contributed by atoms with Gasteiger partial charge in [-0.05, 0) is 41.1 Å². The number of nitrogens with zero attached hydrogens (tertiary/aromatic N) is 2. The highest BCUT2D eigenvalue weighted by Crippen LogP contribution is 2.30. The molecule has 0 spiro atoms. The summed E-state index contributed by atoms with van der Waals surface area (Å²) in [6.45, 7) is -0.149. The fourth-order valence-corrected chi connectivity index (χ4v) is 3.38. The fourth-order valence-electron chi connectivity index (χ4n) is 3.38. The first-order valence-electron chi connectivity index (χ1n) is 9.29. The third-order valence-electron chi connectivity index (χ3n) is 4.80. The van der Waals surface area contributed by atoms with E-state index in [2.05, 4.69) is 10.1 Å². The molecule has 5 aromatic rings. The minimum absolute atomic E-state index is 0.0555. The van der Waals surface area contributed by atoms with Gasteiger partial charge in [0.2, 0.25) is 5.82 Å². The average Bonchev–Trinajstić information content (AvgIpc) is 3.40. The molecule has 30 heavy (non-hydrogen) atoms. The van der Waals surface area contributed by atoms with Crippen LogP contribution in [0, 0.1) is 5.82 Å². The lowest BCUT2D eigenvalue weighted by atomic mass is 10.0. The number of hydrogen-bond acceptors (Lipinski definition) is 6. The number of carbonyl (C=O) groups excluding carboxylic acids is 1. The monoisotopic (exact) mass is 402 g/mol. The molecular weight excluding hydrogens is 387 g/mol. The maximum absolute atomic E-state index is 13.0. The van der Waals surface area contributed by atoms with Gasteiger partial charge in [-0.25, -0.2) is 4.39 Å². The Morgan fingerprint density at radius 2 is 1.87 bits per heavy atom. The molecule has 0 bridgehead atoms. The molecule has 0 radical (unpaired) electrons. The lowest BCUT2D eigenvalue weighted by Crippen LogP contribution is -2.08.